The second-order valence-electron chi connectivity index (χ2n) is 3.25. The van der Waals surface area contributed by atoms with Gasteiger partial charge in [0, 0.05) is 5.54 Å². The molecule has 0 saturated heterocycles. The van der Waals surface area contributed by atoms with E-state index in [1.807, 2.05) is 0 Å². The van der Waals surface area contributed by atoms with Gasteiger partial charge < -0.3 is 11.1 Å². The number of nitrogens with one attached hydrogen (secondary N) is 1. The largest absolute Gasteiger partial charge is 0.376 e. The van der Waals surface area contributed by atoms with Gasteiger partial charge in [-0.2, -0.15) is 0 Å². The van der Waals surface area contributed by atoms with Gasteiger partial charge >= 0.3 is 0 Å². The number of hydrogen-bond donors (Lipinski definition) is 2. The fraction of sp³-hybridized carbons (Fsp3) is 0.833. The van der Waals surface area contributed by atoms with Crippen molar-refractivity contribution in [3.8, 4) is 0 Å². The summed E-state index contributed by atoms with van der Waals surface area (Å²) in [4.78, 5) is 0. The molecule has 2 nitrogen and oxygen atoms in total. The maximum absolute atomic E-state index is 5.33. The Morgan fingerprint density at radius 1 is 1.56 bits per heavy atom. The molecular weight excluding hydrogens is 132 g/mol. The Hall–Kier alpha value is -0.310. The predicted molar refractivity (Wildman–Crippen MR) is 40.0 cm³/mol. The van der Waals surface area contributed by atoms with Gasteiger partial charge in [-0.05, 0) is 37.4 Å². The highest BCUT2D eigenvalue weighted by molar-refractivity contribution is 7.80. The van der Waals surface area contributed by atoms with E-state index < -0.39 is 0 Å². The van der Waals surface area contributed by atoms with Crippen molar-refractivity contribution in [1.82, 2.24) is 5.32 Å². The Morgan fingerprint density at radius 2 is 2.11 bits per heavy atom. The van der Waals surface area contributed by atoms with E-state index in [1.165, 1.54) is 19.3 Å². The third-order valence-corrected chi connectivity index (χ3v) is 2.53. The monoisotopic (exact) mass is 142 g/mol. The summed E-state index contributed by atoms with van der Waals surface area (Å²) in [6.45, 7) is 0. The third kappa shape index (κ3) is 0.642. The van der Waals surface area contributed by atoms with Crippen LogP contribution in [0.5, 0.6) is 0 Å². The Labute approximate surface area is 59.8 Å². The molecule has 3 rings (SSSR count). The molecule has 3 saturated carbocycles. The minimum absolute atomic E-state index is 0.372. The Kier molecular flexibility index (Phi) is 0.850. The SMILES string of the molecule is NC(=S)NC12CC(C1)C2. The fourth-order valence-electron chi connectivity index (χ4n) is 1.89. The molecule has 50 valence electrons. The molecule has 0 aromatic heterocycles. The molecule has 0 radical (unpaired) electrons. The minimum Gasteiger partial charge on any atom is -0.376 e. The van der Waals surface area contributed by atoms with E-state index in [2.05, 4.69) is 5.32 Å². The van der Waals surface area contributed by atoms with Crippen LogP contribution in [0.1, 0.15) is 19.3 Å². The Bertz CT molecular complexity index is 149. The summed E-state index contributed by atoms with van der Waals surface area (Å²) in [5.41, 5.74) is 5.70. The molecule has 3 fully saturated rings. The van der Waals surface area contributed by atoms with Crippen LogP contribution in [0.25, 0.3) is 0 Å². The van der Waals surface area contributed by atoms with Gasteiger partial charge in [-0.1, -0.05) is 0 Å². The number of nitrogens with two attached hydrogens (primary N) is 1. The van der Waals surface area contributed by atoms with Crippen molar-refractivity contribution in [2.75, 3.05) is 0 Å². The minimum atomic E-state index is 0.372. The second kappa shape index (κ2) is 1.40. The molecule has 0 unspecified atom stereocenters. The average Bonchev–Trinajstić information content (AvgIpc) is 1.50. The van der Waals surface area contributed by atoms with Crippen molar-refractivity contribution in [3.63, 3.8) is 0 Å². The van der Waals surface area contributed by atoms with E-state index >= 15 is 0 Å². The maximum Gasteiger partial charge on any atom is 0.164 e. The molecule has 0 aliphatic heterocycles. The van der Waals surface area contributed by atoms with Crippen molar-refractivity contribution in [1.29, 1.82) is 0 Å². The number of hydrogen-bond acceptors (Lipinski definition) is 1. The van der Waals surface area contributed by atoms with E-state index in [1.54, 1.807) is 0 Å². The zero-order chi connectivity index (χ0) is 6.48. The molecule has 3 aliphatic carbocycles. The van der Waals surface area contributed by atoms with Gasteiger partial charge in [0.15, 0.2) is 5.11 Å². The van der Waals surface area contributed by atoms with Crippen LogP contribution in [0.3, 0.4) is 0 Å². The van der Waals surface area contributed by atoms with Crippen molar-refractivity contribution in [2.24, 2.45) is 11.7 Å². The van der Waals surface area contributed by atoms with Crippen LogP contribution >= 0.6 is 12.2 Å². The van der Waals surface area contributed by atoms with Crippen molar-refractivity contribution < 1.29 is 0 Å². The number of thiocarbonyl (C=S) groups is 1. The summed E-state index contributed by atoms with van der Waals surface area (Å²) < 4.78 is 0. The normalized spacial score (nSPS) is 44.7. The molecular formula is C6H10N2S. The quantitative estimate of drug-likeness (QED) is 0.520. The molecule has 2 bridgehead atoms. The smallest absolute Gasteiger partial charge is 0.164 e. The van der Waals surface area contributed by atoms with Crippen molar-refractivity contribution in [3.05, 3.63) is 0 Å². The number of rotatable bonds is 1. The summed E-state index contributed by atoms with van der Waals surface area (Å²) in [6, 6.07) is 0. The average molecular weight is 142 g/mol. The summed E-state index contributed by atoms with van der Waals surface area (Å²) in [7, 11) is 0. The molecule has 0 amide bonds. The lowest BCUT2D eigenvalue weighted by Crippen LogP contribution is -2.68. The van der Waals surface area contributed by atoms with Crippen LogP contribution in [0, 0.1) is 5.92 Å². The van der Waals surface area contributed by atoms with E-state index in [4.69, 9.17) is 18.0 Å². The van der Waals surface area contributed by atoms with Gasteiger partial charge in [-0.3, -0.25) is 0 Å². The van der Waals surface area contributed by atoms with Gasteiger partial charge in [-0.15, -0.1) is 0 Å². The lowest BCUT2D eigenvalue weighted by atomic mass is 9.50. The van der Waals surface area contributed by atoms with Gasteiger partial charge in [0.25, 0.3) is 0 Å². The Morgan fingerprint density at radius 3 is 2.22 bits per heavy atom. The highest BCUT2D eigenvalue weighted by atomic mass is 32.1. The van der Waals surface area contributed by atoms with E-state index in [0.29, 0.717) is 10.7 Å². The standard InChI is InChI=1S/C6H10N2S/c7-5(9)8-6-1-4(2-6)3-6/h4H,1-3H2,(H3,7,8,9). The van der Waals surface area contributed by atoms with Crippen molar-refractivity contribution >= 4 is 17.3 Å². The molecule has 3 N–H and O–H groups in total. The van der Waals surface area contributed by atoms with Gasteiger partial charge in [0.05, 0.1) is 0 Å². The predicted octanol–water partition coefficient (Wildman–Crippen LogP) is 0.372. The van der Waals surface area contributed by atoms with Crippen LogP contribution in [0.2, 0.25) is 0 Å². The maximum atomic E-state index is 5.33. The molecule has 0 aromatic rings. The highest BCUT2D eigenvalue weighted by Crippen LogP contribution is 2.56. The second-order valence-corrected chi connectivity index (χ2v) is 3.69. The lowest BCUT2D eigenvalue weighted by Gasteiger charge is -2.62. The first-order valence-corrected chi connectivity index (χ1v) is 3.69. The van der Waals surface area contributed by atoms with E-state index in [0.717, 1.165) is 5.92 Å². The summed E-state index contributed by atoms with van der Waals surface area (Å²) in [5, 5.41) is 3.60. The van der Waals surface area contributed by atoms with E-state index in [-0.39, 0.29) is 0 Å². The summed E-state index contributed by atoms with van der Waals surface area (Å²) in [6.07, 6.45) is 3.89. The van der Waals surface area contributed by atoms with Crippen LogP contribution < -0.4 is 11.1 Å². The first-order valence-electron chi connectivity index (χ1n) is 3.28. The fourth-order valence-corrected chi connectivity index (χ4v) is 2.11. The summed E-state index contributed by atoms with van der Waals surface area (Å²) in [5.74, 6) is 0.992. The summed E-state index contributed by atoms with van der Waals surface area (Å²) >= 11 is 4.74. The third-order valence-electron chi connectivity index (χ3n) is 2.43. The van der Waals surface area contributed by atoms with Gasteiger partial charge in [0.1, 0.15) is 0 Å². The molecule has 0 aromatic carbocycles. The topological polar surface area (TPSA) is 38.0 Å². The van der Waals surface area contributed by atoms with E-state index in [9.17, 15) is 0 Å². The molecule has 0 heterocycles. The van der Waals surface area contributed by atoms with Gasteiger partial charge in [0.2, 0.25) is 0 Å². The zero-order valence-corrected chi connectivity index (χ0v) is 6.00. The molecule has 3 heteroatoms. The first kappa shape index (κ1) is 5.47. The van der Waals surface area contributed by atoms with Gasteiger partial charge in [-0.25, -0.2) is 0 Å². The Balaban J connectivity index is 1.92. The molecule has 3 aliphatic rings. The highest BCUT2D eigenvalue weighted by Gasteiger charge is 2.56. The van der Waals surface area contributed by atoms with Crippen LogP contribution in [-0.4, -0.2) is 10.7 Å². The molecule has 0 spiro atoms. The lowest BCUT2D eigenvalue weighted by molar-refractivity contribution is -0.0347. The molecule has 9 heavy (non-hydrogen) atoms. The van der Waals surface area contributed by atoms with Crippen LogP contribution in [0.4, 0.5) is 0 Å². The van der Waals surface area contributed by atoms with Crippen LogP contribution in [-0.2, 0) is 0 Å². The molecule has 0 atom stereocenters. The van der Waals surface area contributed by atoms with Crippen LogP contribution in [0.15, 0.2) is 0 Å². The van der Waals surface area contributed by atoms with Crippen molar-refractivity contribution in [2.45, 2.75) is 24.8 Å². The zero-order valence-electron chi connectivity index (χ0n) is 5.18. The first-order chi connectivity index (χ1) is 4.20.